The van der Waals surface area contributed by atoms with Crippen molar-refractivity contribution in [1.82, 2.24) is 14.9 Å². The van der Waals surface area contributed by atoms with Crippen molar-refractivity contribution in [3.05, 3.63) is 48.8 Å². The molecule has 2 aromatic rings. The van der Waals surface area contributed by atoms with Crippen molar-refractivity contribution < 1.29 is 4.79 Å². The van der Waals surface area contributed by atoms with Gasteiger partial charge in [-0.05, 0) is 12.1 Å². The summed E-state index contributed by atoms with van der Waals surface area (Å²) in [6.07, 6.45) is 1.71. The number of anilines is 1. The summed E-state index contributed by atoms with van der Waals surface area (Å²) in [5, 5.41) is 8.75. The number of aromatic nitrogens is 3. The molecule has 0 aliphatic rings. The fraction of sp³-hybridized carbons (Fsp3) is 0.353. The number of benzene rings is 1. The molecular formula is C17H23N5OS. The minimum absolute atomic E-state index is 0.0357. The number of nitrogens with zero attached hydrogens (tertiary/aromatic N) is 4. The maximum atomic E-state index is 12.6. The summed E-state index contributed by atoms with van der Waals surface area (Å²) >= 11 is 1.28. The highest BCUT2D eigenvalue weighted by Crippen LogP contribution is 2.24. The molecule has 0 spiro atoms. The zero-order chi connectivity index (χ0) is 17.7. The van der Waals surface area contributed by atoms with Crippen molar-refractivity contribution in [3.8, 4) is 0 Å². The average Bonchev–Trinajstić information content (AvgIpc) is 2.92. The van der Waals surface area contributed by atoms with E-state index >= 15 is 0 Å². The first-order valence-electron chi connectivity index (χ1n) is 7.64. The number of carbonyl (C=O) groups is 1. The summed E-state index contributed by atoms with van der Waals surface area (Å²) in [6.45, 7) is 10.2. The molecule has 0 unspecified atom stereocenters. The third kappa shape index (κ3) is 4.17. The van der Waals surface area contributed by atoms with Gasteiger partial charge in [0.2, 0.25) is 11.1 Å². The summed E-state index contributed by atoms with van der Waals surface area (Å²) in [4.78, 5) is 14.3. The number of para-hydroxylation sites is 1. The van der Waals surface area contributed by atoms with E-state index in [2.05, 4.69) is 16.8 Å². The van der Waals surface area contributed by atoms with Gasteiger partial charge in [0.15, 0.2) is 5.82 Å². The van der Waals surface area contributed by atoms with Crippen LogP contribution in [0.2, 0.25) is 0 Å². The van der Waals surface area contributed by atoms with E-state index in [4.69, 9.17) is 5.84 Å². The van der Waals surface area contributed by atoms with Crippen molar-refractivity contribution in [2.45, 2.75) is 31.3 Å². The Labute approximate surface area is 146 Å². The zero-order valence-corrected chi connectivity index (χ0v) is 15.1. The number of thioether (sulfide) groups is 1. The Morgan fingerprint density at radius 2 is 2.00 bits per heavy atom. The number of nitrogens with two attached hydrogens (primary N) is 1. The maximum Gasteiger partial charge on any atom is 0.237 e. The van der Waals surface area contributed by atoms with E-state index in [1.807, 2.05) is 51.1 Å². The molecule has 0 radical (unpaired) electrons. The molecule has 1 aromatic carbocycles. The van der Waals surface area contributed by atoms with Gasteiger partial charge in [-0.2, -0.15) is 0 Å². The lowest BCUT2D eigenvalue weighted by Crippen LogP contribution is -2.32. The van der Waals surface area contributed by atoms with Gasteiger partial charge in [-0.15, -0.1) is 16.8 Å². The molecule has 128 valence electrons. The monoisotopic (exact) mass is 345 g/mol. The molecule has 1 heterocycles. The zero-order valence-electron chi connectivity index (χ0n) is 14.3. The number of carbonyl (C=O) groups excluding carboxylic acids is 1. The van der Waals surface area contributed by atoms with Gasteiger partial charge in [0.05, 0.1) is 5.75 Å². The van der Waals surface area contributed by atoms with Crippen LogP contribution in [0.5, 0.6) is 0 Å². The van der Waals surface area contributed by atoms with Crippen molar-refractivity contribution in [1.29, 1.82) is 0 Å². The molecule has 0 aliphatic carbocycles. The van der Waals surface area contributed by atoms with Crippen LogP contribution in [0.25, 0.3) is 0 Å². The summed E-state index contributed by atoms with van der Waals surface area (Å²) < 4.78 is 1.46. The Kier molecular flexibility index (Phi) is 5.66. The van der Waals surface area contributed by atoms with Crippen molar-refractivity contribution in [2.24, 2.45) is 0 Å². The molecule has 2 rings (SSSR count). The van der Waals surface area contributed by atoms with E-state index in [0.717, 1.165) is 5.69 Å². The SMILES string of the molecule is C=CCN(C(=O)CSc1nnc(C(C)(C)C)n1N)c1ccccc1. The lowest BCUT2D eigenvalue weighted by atomic mass is 9.96. The van der Waals surface area contributed by atoms with Crippen LogP contribution in [0.15, 0.2) is 48.1 Å². The highest BCUT2D eigenvalue weighted by molar-refractivity contribution is 7.99. The summed E-state index contributed by atoms with van der Waals surface area (Å²) in [6, 6.07) is 9.51. The predicted octanol–water partition coefficient (Wildman–Crippen LogP) is 2.60. The number of nitrogen functional groups attached to an aromatic ring is 1. The Bertz CT molecular complexity index is 706. The lowest BCUT2D eigenvalue weighted by molar-refractivity contribution is -0.116. The minimum Gasteiger partial charge on any atom is -0.336 e. The largest absolute Gasteiger partial charge is 0.336 e. The van der Waals surface area contributed by atoms with E-state index in [9.17, 15) is 4.79 Å². The van der Waals surface area contributed by atoms with Gasteiger partial charge >= 0.3 is 0 Å². The van der Waals surface area contributed by atoms with Crippen LogP contribution < -0.4 is 10.7 Å². The van der Waals surface area contributed by atoms with E-state index in [1.165, 1.54) is 16.4 Å². The van der Waals surface area contributed by atoms with Crippen LogP contribution in [-0.4, -0.2) is 33.1 Å². The second-order valence-corrected chi connectivity index (χ2v) is 7.29. The topological polar surface area (TPSA) is 77.0 Å². The van der Waals surface area contributed by atoms with E-state index in [0.29, 0.717) is 17.5 Å². The fourth-order valence-corrected chi connectivity index (χ4v) is 2.91. The Balaban J connectivity index is 2.09. The summed E-state index contributed by atoms with van der Waals surface area (Å²) in [7, 11) is 0. The Hall–Kier alpha value is -2.28. The van der Waals surface area contributed by atoms with Gasteiger partial charge in [-0.25, -0.2) is 4.68 Å². The standard InChI is InChI=1S/C17H23N5OS/c1-5-11-21(13-9-7-6-8-10-13)14(23)12-24-16-20-19-15(22(16)18)17(2,3)4/h5-10H,1,11-12,18H2,2-4H3. The summed E-state index contributed by atoms with van der Waals surface area (Å²) in [5.74, 6) is 6.92. The van der Waals surface area contributed by atoms with E-state index in [-0.39, 0.29) is 17.1 Å². The number of rotatable bonds is 6. The molecule has 0 saturated heterocycles. The first-order valence-corrected chi connectivity index (χ1v) is 8.63. The molecule has 0 saturated carbocycles. The number of amides is 1. The van der Waals surface area contributed by atoms with Gasteiger partial charge in [-0.1, -0.05) is 56.8 Å². The van der Waals surface area contributed by atoms with Gasteiger partial charge in [-0.3, -0.25) is 4.79 Å². The second-order valence-electron chi connectivity index (χ2n) is 6.34. The molecule has 24 heavy (non-hydrogen) atoms. The van der Waals surface area contributed by atoms with Crippen LogP contribution >= 0.6 is 11.8 Å². The van der Waals surface area contributed by atoms with Crippen LogP contribution in [0.3, 0.4) is 0 Å². The Morgan fingerprint density at radius 1 is 1.33 bits per heavy atom. The number of hydrogen-bond donors (Lipinski definition) is 1. The van der Waals surface area contributed by atoms with Crippen molar-refractivity contribution in [2.75, 3.05) is 23.0 Å². The first kappa shape index (κ1) is 18.1. The molecule has 2 N–H and O–H groups in total. The minimum atomic E-state index is -0.205. The smallest absolute Gasteiger partial charge is 0.237 e. The molecule has 0 bridgehead atoms. The van der Waals surface area contributed by atoms with Gasteiger partial charge < -0.3 is 10.7 Å². The van der Waals surface area contributed by atoms with Crippen molar-refractivity contribution >= 4 is 23.4 Å². The molecule has 7 heteroatoms. The number of hydrogen-bond acceptors (Lipinski definition) is 5. The highest BCUT2D eigenvalue weighted by atomic mass is 32.2. The molecule has 0 aliphatic heterocycles. The van der Waals surface area contributed by atoms with E-state index in [1.54, 1.807) is 11.0 Å². The van der Waals surface area contributed by atoms with Crippen molar-refractivity contribution in [3.63, 3.8) is 0 Å². The fourth-order valence-electron chi connectivity index (χ4n) is 2.18. The highest BCUT2D eigenvalue weighted by Gasteiger charge is 2.24. The Morgan fingerprint density at radius 3 is 2.54 bits per heavy atom. The normalized spacial score (nSPS) is 11.3. The molecule has 0 atom stereocenters. The molecule has 1 aromatic heterocycles. The van der Waals surface area contributed by atoms with Gasteiger partial charge in [0, 0.05) is 17.6 Å². The predicted molar refractivity (Wildman–Crippen MR) is 98.6 cm³/mol. The van der Waals surface area contributed by atoms with Gasteiger partial charge in [0.25, 0.3) is 0 Å². The van der Waals surface area contributed by atoms with Crippen LogP contribution in [-0.2, 0) is 10.2 Å². The first-order chi connectivity index (χ1) is 11.3. The molecule has 6 nitrogen and oxygen atoms in total. The average molecular weight is 345 g/mol. The maximum absolute atomic E-state index is 12.6. The van der Waals surface area contributed by atoms with E-state index < -0.39 is 0 Å². The van der Waals surface area contributed by atoms with Crippen LogP contribution in [0.4, 0.5) is 5.69 Å². The van der Waals surface area contributed by atoms with Crippen LogP contribution in [0, 0.1) is 0 Å². The molecule has 0 fully saturated rings. The van der Waals surface area contributed by atoms with Gasteiger partial charge in [0.1, 0.15) is 0 Å². The third-order valence-corrected chi connectivity index (χ3v) is 4.27. The summed E-state index contributed by atoms with van der Waals surface area (Å²) in [5.41, 5.74) is 0.635. The third-order valence-electron chi connectivity index (χ3n) is 3.34. The van der Waals surface area contributed by atoms with Crippen LogP contribution in [0.1, 0.15) is 26.6 Å². The second kappa shape index (κ2) is 7.53. The molecular weight excluding hydrogens is 322 g/mol. The molecule has 1 amide bonds. The quantitative estimate of drug-likeness (QED) is 0.495. The lowest BCUT2D eigenvalue weighted by Gasteiger charge is -2.21.